The van der Waals surface area contributed by atoms with E-state index in [2.05, 4.69) is 0 Å². The van der Waals surface area contributed by atoms with Crippen molar-refractivity contribution in [2.24, 2.45) is 0 Å². The zero-order valence-electron chi connectivity index (χ0n) is 9.54. The van der Waals surface area contributed by atoms with E-state index < -0.39 is 5.97 Å². The second kappa shape index (κ2) is 4.07. The van der Waals surface area contributed by atoms with Gasteiger partial charge in [-0.25, -0.2) is 4.79 Å². The molecule has 18 heavy (non-hydrogen) atoms. The molecule has 0 atom stereocenters. The van der Waals surface area contributed by atoms with Crippen LogP contribution in [0.4, 0.5) is 0 Å². The summed E-state index contributed by atoms with van der Waals surface area (Å²) in [6.45, 7) is 0.367. The molecule has 1 aromatic carbocycles. The molecule has 4 heteroatoms. The Labute approximate surface area is 103 Å². The lowest BCUT2D eigenvalue weighted by Crippen LogP contribution is -2.36. The van der Waals surface area contributed by atoms with E-state index in [1.165, 1.54) is 6.26 Å². The number of hydrogen-bond donors (Lipinski definition) is 1. The summed E-state index contributed by atoms with van der Waals surface area (Å²) in [5.74, 6) is -1.00. The summed E-state index contributed by atoms with van der Waals surface area (Å²) in [5.41, 5.74) is 0.966. The predicted octanol–water partition coefficient (Wildman–Crippen LogP) is 0.361. The molecule has 0 spiro atoms. The molecule has 1 N–H and O–H groups in total. The number of carboxylic acid groups (broad SMARTS) is 1. The highest BCUT2D eigenvalue weighted by Crippen LogP contribution is 2.20. The third-order valence-electron chi connectivity index (χ3n) is 2.97. The van der Waals surface area contributed by atoms with Crippen LogP contribution in [-0.2, 0) is 9.53 Å². The third-order valence-corrected chi connectivity index (χ3v) is 2.97. The minimum absolute atomic E-state index is 0.123. The lowest BCUT2D eigenvalue weighted by Gasteiger charge is -2.27. The molecule has 2 aliphatic rings. The van der Waals surface area contributed by atoms with Crippen LogP contribution in [0.15, 0.2) is 48.5 Å². The molecule has 0 saturated carbocycles. The zero-order chi connectivity index (χ0) is 12.5. The van der Waals surface area contributed by atoms with Gasteiger partial charge in [0.1, 0.15) is 12.9 Å². The number of hydrogen-bond acceptors (Lipinski definition) is 3. The number of ether oxygens (including phenoxy) is 1. The molecule has 1 aromatic rings. The van der Waals surface area contributed by atoms with Gasteiger partial charge >= 0.3 is 5.97 Å². The molecule has 2 aliphatic heterocycles. The van der Waals surface area contributed by atoms with E-state index in [0.29, 0.717) is 6.61 Å². The topological polar surface area (TPSA) is 49.8 Å². The van der Waals surface area contributed by atoms with E-state index in [1.807, 2.05) is 36.4 Å². The highest BCUT2D eigenvalue weighted by atomic mass is 16.5. The average molecular weight is 241 g/mol. The van der Waals surface area contributed by atoms with Gasteiger partial charge in [0.2, 0.25) is 0 Å². The number of benzene rings is 1. The van der Waals surface area contributed by atoms with Gasteiger partial charge in [0.15, 0.2) is 5.70 Å². The van der Waals surface area contributed by atoms with Crippen molar-refractivity contribution in [2.75, 3.05) is 6.61 Å². The first-order chi connectivity index (χ1) is 8.77. The quantitative estimate of drug-likeness (QED) is 0.771. The summed E-state index contributed by atoms with van der Waals surface area (Å²) in [5, 5.41) is 11.2. The third kappa shape index (κ3) is 1.59. The highest BCUT2D eigenvalue weighted by Gasteiger charge is 2.24. The van der Waals surface area contributed by atoms with Gasteiger partial charge in [-0.2, -0.15) is 0 Å². The number of carbonyl (C=O) groups is 1. The van der Waals surface area contributed by atoms with Crippen LogP contribution in [-0.4, -0.2) is 22.6 Å². The summed E-state index contributed by atoms with van der Waals surface area (Å²) >= 11 is 0. The number of aliphatic carboxylic acids is 1. The molecule has 90 valence electrons. The van der Waals surface area contributed by atoms with E-state index in [1.54, 1.807) is 11.1 Å². The summed E-state index contributed by atoms with van der Waals surface area (Å²) < 4.78 is 5.26. The van der Waals surface area contributed by atoms with Crippen LogP contribution in [0.3, 0.4) is 0 Å². The van der Waals surface area contributed by atoms with Crippen molar-refractivity contribution in [3.63, 3.8) is 0 Å². The van der Waals surface area contributed by atoms with Crippen LogP contribution < -0.4 is 10.4 Å². The molecular weight excluding hydrogens is 230 g/mol. The maximum atomic E-state index is 11.2. The molecule has 0 aromatic heterocycles. The fourth-order valence-electron chi connectivity index (χ4n) is 2.14. The van der Waals surface area contributed by atoms with Gasteiger partial charge < -0.3 is 14.7 Å². The molecule has 0 radical (unpaired) electrons. The first-order valence-corrected chi connectivity index (χ1v) is 5.58. The maximum absolute atomic E-state index is 11.2. The van der Waals surface area contributed by atoms with Crippen molar-refractivity contribution in [3.8, 4) is 0 Å². The van der Waals surface area contributed by atoms with E-state index in [4.69, 9.17) is 9.84 Å². The Balaban J connectivity index is 2.29. The van der Waals surface area contributed by atoms with Crippen LogP contribution in [0.25, 0.3) is 11.8 Å². The van der Waals surface area contributed by atoms with Crippen molar-refractivity contribution in [2.45, 2.75) is 0 Å². The van der Waals surface area contributed by atoms with Crippen molar-refractivity contribution in [1.82, 2.24) is 4.90 Å². The SMILES string of the molecule is O=C(O)C1=COCC2=c3ccccc3=CC=CN12. The minimum Gasteiger partial charge on any atom is -0.492 e. The van der Waals surface area contributed by atoms with Crippen LogP contribution in [0.1, 0.15) is 0 Å². The summed E-state index contributed by atoms with van der Waals surface area (Å²) in [6.07, 6.45) is 6.83. The summed E-state index contributed by atoms with van der Waals surface area (Å²) in [4.78, 5) is 12.8. The van der Waals surface area contributed by atoms with Gasteiger partial charge in [0.05, 0.1) is 5.70 Å². The molecule has 0 aliphatic carbocycles. The van der Waals surface area contributed by atoms with Gasteiger partial charge in [-0.3, -0.25) is 0 Å². The Hall–Kier alpha value is -2.49. The monoisotopic (exact) mass is 241 g/mol. The lowest BCUT2D eigenvalue weighted by molar-refractivity contribution is -0.134. The summed E-state index contributed by atoms with van der Waals surface area (Å²) in [7, 11) is 0. The first kappa shape index (κ1) is 10.7. The molecule has 0 fully saturated rings. The molecule has 0 bridgehead atoms. The van der Waals surface area contributed by atoms with E-state index in [9.17, 15) is 4.79 Å². The maximum Gasteiger partial charge on any atom is 0.356 e. The van der Waals surface area contributed by atoms with Gasteiger partial charge in [0, 0.05) is 11.4 Å². The van der Waals surface area contributed by atoms with Crippen LogP contribution in [0.5, 0.6) is 0 Å². The van der Waals surface area contributed by atoms with Gasteiger partial charge in [0.25, 0.3) is 0 Å². The van der Waals surface area contributed by atoms with E-state index in [0.717, 1.165) is 16.1 Å². The Kier molecular flexibility index (Phi) is 2.41. The fraction of sp³-hybridized carbons (Fsp3) is 0.0714. The largest absolute Gasteiger partial charge is 0.492 e. The van der Waals surface area contributed by atoms with Crippen molar-refractivity contribution in [3.05, 3.63) is 58.9 Å². The lowest BCUT2D eigenvalue weighted by atomic mass is 10.2. The first-order valence-electron chi connectivity index (χ1n) is 5.58. The van der Waals surface area contributed by atoms with Crippen LogP contribution >= 0.6 is 0 Å². The van der Waals surface area contributed by atoms with Gasteiger partial charge in [-0.15, -0.1) is 0 Å². The molecule has 3 rings (SSSR count). The number of nitrogens with zero attached hydrogens (tertiary/aromatic N) is 1. The van der Waals surface area contributed by atoms with Crippen LogP contribution in [0, 0.1) is 0 Å². The average Bonchev–Trinajstić information content (AvgIpc) is 2.57. The number of allylic oxidation sites excluding steroid dienone is 1. The molecular formula is C14H11NO3. The van der Waals surface area contributed by atoms with Crippen molar-refractivity contribution >= 4 is 17.7 Å². The van der Waals surface area contributed by atoms with Gasteiger partial charge in [-0.1, -0.05) is 30.3 Å². The Morgan fingerprint density at radius 2 is 2.17 bits per heavy atom. The van der Waals surface area contributed by atoms with Gasteiger partial charge in [-0.05, 0) is 11.3 Å². The fourth-order valence-corrected chi connectivity index (χ4v) is 2.14. The zero-order valence-corrected chi connectivity index (χ0v) is 9.54. The second-order valence-electron chi connectivity index (χ2n) is 4.03. The Morgan fingerprint density at radius 1 is 1.33 bits per heavy atom. The van der Waals surface area contributed by atoms with E-state index >= 15 is 0 Å². The number of rotatable bonds is 1. The number of carboxylic acids is 1. The second-order valence-corrected chi connectivity index (χ2v) is 4.03. The number of fused-ring (bicyclic) bond motifs is 2. The smallest absolute Gasteiger partial charge is 0.356 e. The summed E-state index contributed by atoms with van der Waals surface area (Å²) in [6, 6.07) is 7.85. The van der Waals surface area contributed by atoms with Crippen molar-refractivity contribution < 1.29 is 14.6 Å². The molecule has 4 nitrogen and oxygen atoms in total. The van der Waals surface area contributed by atoms with Crippen LogP contribution in [0.2, 0.25) is 0 Å². The minimum atomic E-state index is -1.00. The normalized spacial score (nSPS) is 16.8. The Morgan fingerprint density at radius 3 is 3.00 bits per heavy atom. The molecule has 0 amide bonds. The molecule has 2 heterocycles. The van der Waals surface area contributed by atoms with Crippen molar-refractivity contribution in [1.29, 1.82) is 0 Å². The molecule has 0 saturated heterocycles. The molecule has 0 unspecified atom stereocenters. The Bertz CT molecular complexity index is 685. The van der Waals surface area contributed by atoms with E-state index in [-0.39, 0.29) is 5.70 Å². The highest BCUT2D eigenvalue weighted by molar-refractivity contribution is 5.88. The predicted molar refractivity (Wildman–Crippen MR) is 66.2 cm³/mol. The standard InChI is InChI=1S/C14H11NO3/c16-14(17)13-9-18-8-12-11-6-2-1-4-10(11)5-3-7-15(12)13/h1-7,9H,8H2,(H,16,17).